The van der Waals surface area contributed by atoms with Gasteiger partial charge in [-0.05, 0) is 37.0 Å². The monoisotopic (exact) mass is 443 g/mol. The van der Waals surface area contributed by atoms with Gasteiger partial charge in [0.2, 0.25) is 5.91 Å². The minimum absolute atomic E-state index is 0.113. The van der Waals surface area contributed by atoms with Gasteiger partial charge in [0.15, 0.2) is 17.4 Å². The van der Waals surface area contributed by atoms with E-state index < -0.39 is 5.82 Å². The maximum Gasteiger partial charge on any atom is 0.254 e. The average molecular weight is 444 g/mol. The predicted octanol–water partition coefficient (Wildman–Crippen LogP) is 2.83. The van der Waals surface area contributed by atoms with Gasteiger partial charge >= 0.3 is 0 Å². The zero-order valence-electron chi connectivity index (χ0n) is 18.9. The molecule has 0 spiro atoms. The van der Waals surface area contributed by atoms with Crippen molar-refractivity contribution >= 4 is 11.8 Å². The Bertz CT molecular complexity index is 998. The molecule has 4 rings (SSSR count). The minimum atomic E-state index is -0.556. The first-order valence-electron chi connectivity index (χ1n) is 11.2. The van der Waals surface area contributed by atoms with Gasteiger partial charge in [-0.2, -0.15) is 0 Å². The van der Waals surface area contributed by atoms with Gasteiger partial charge in [0.25, 0.3) is 5.91 Å². The van der Waals surface area contributed by atoms with Crippen LogP contribution in [0.15, 0.2) is 18.2 Å². The van der Waals surface area contributed by atoms with E-state index in [1.54, 1.807) is 11.0 Å². The lowest BCUT2D eigenvalue weighted by atomic mass is 9.95. The van der Waals surface area contributed by atoms with Crippen molar-refractivity contribution in [3.63, 3.8) is 0 Å². The summed E-state index contributed by atoms with van der Waals surface area (Å²) >= 11 is 0. The molecule has 0 aliphatic carbocycles. The Kier molecular flexibility index (Phi) is 6.43. The van der Waals surface area contributed by atoms with Crippen molar-refractivity contribution in [1.82, 2.24) is 24.6 Å². The highest BCUT2D eigenvalue weighted by Gasteiger charge is 2.31. The molecule has 2 aromatic rings. The highest BCUT2D eigenvalue weighted by atomic mass is 19.1. The van der Waals surface area contributed by atoms with Crippen molar-refractivity contribution in [3.8, 4) is 5.75 Å². The highest BCUT2D eigenvalue weighted by Crippen LogP contribution is 2.29. The molecule has 0 saturated carbocycles. The molecule has 1 fully saturated rings. The number of amides is 2. The molecule has 9 heteroatoms. The van der Waals surface area contributed by atoms with Crippen molar-refractivity contribution in [3.05, 3.63) is 41.2 Å². The number of piperidine rings is 1. The zero-order valence-corrected chi connectivity index (χ0v) is 18.9. The van der Waals surface area contributed by atoms with Gasteiger partial charge in [-0.15, -0.1) is 10.2 Å². The Balaban J connectivity index is 1.40. The molecule has 2 amide bonds. The van der Waals surface area contributed by atoms with E-state index in [4.69, 9.17) is 4.74 Å². The Hall–Kier alpha value is -2.97. The third-order valence-electron chi connectivity index (χ3n) is 6.26. The summed E-state index contributed by atoms with van der Waals surface area (Å²) in [6.45, 7) is 7.06. The molecule has 8 nitrogen and oxygen atoms in total. The molecule has 3 heterocycles. The number of likely N-dealkylation sites (tertiary alicyclic amines) is 1. The molecule has 0 bridgehead atoms. The molecule has 1 aromatic carbocycles. The summed E-state index contributed by atoms with van der Waals surface area (Å²) in [5.41, 5.74) is 0.287. The first kappa shape index (κ1) is 22.2. The number of methoxy groups -OCH3 is 1. The second-order valence-corrected chi connectivity index (χ2v) is 8.96. The number of benzene rings is 1. The van der Waals surface area contributed by atoms with E-state index in [0.29, 0.717) is 32.0 Å². The van der Waals surface area contributed by atoms with Crippen LogP contribution < -0.4 is 4.74 Å². The number of rotatable bonds is 5. The van der Waals surface area contributed by atoms with E-state index in [-0.39, 0.29) is 29.0 Å². The van der Waals surface area contributed by atoms with Crippen LogP contribution in [0, 0.1) is 11.7 Å². The molecule has 0 atom stereocenters. The first-order chi connectivity index (χ1) is 15.4. The van der Waals surface area contributed by atoms with E-state index in [0.717, 1.165) is 37.6 Å². The van der Waals surface area contributed by atoms with Gasteiger partial charge < -0.3 is 19.1 Å². The fourth-order valence-electron chi connectivity index (χ4n) is 4.50. The standard InChI is InChI=1S/C23H30FN5O3/c1-15(2)12-21(30)27-8-6-16(7-9-27)22-26-25-20-14-28(10-11-29(20)22)23(31)17-4-5-19(32-3)18(24)13-17/h4-5,13,15-16H,6-12,14H2,1-3H3. The van der Waals surface area contributed by atoms with Crippen molar-refractivity contribution < 1.29 is 18.7 Å². The highest BCUT2D eigenvalue weighted by molar-refractivity contribution is 5.94. The van der Waals surface area contributed by atoms with E-state index in [1.807, 2.05) is 4.90 Å². The Morgan fingerprint density at radius 3 is 2.53 bits per heavy atom. The number of fused-ring (bicyclic) bond motifs is 1. The van der Waals surface area contributed by atoms with Crippen LogP contribution in [0.3, 0.4) is 0 Å². The van der Waals surface area contributed by atoms with Gasteiger partial charge in [0.05, 0.1) is 13.7 Å². The maximum absolute atomic E-state index is 14.0. The first-order valence-corrected chi connectivity index (χ1v) is 11.2. The normalized spacial score (nSPS) is 16.9. The fourth-order valence-corrected chi connectivity index (χ4v) is 4.50. The van der Waals surface area contributed by atoms with Gasteiger partial charge in [0.1, 0.15) is 5.82 Å². The third kappa shape index (κ3) is 4.47. The lowest BCUT2D eigenvalue weighted by Gasteiger charge is -2.33. The number of carbonyl (C=O) groups is 2. The number of ether oxygens (including phenoxy) is 1. The number of aromatic nitrogens is 3. The van der Waals surface area contributed by atoms with Crippen LogP contribution in [0.25, 0.3) is 0 Å². The zero-order chi connectivity index (χ0) is 22.8. The molecule has 0 unspecified atom stereocenters. The molecular weight excluding hydrogens is 413 g/mol. The molecule has 0 radical (unpaired) electrons. The number of nitrogens with zero attached hydrogens (tertiary/aromatic N) is 5. The molecular formula is C23H30FN5O3. The quantitative estimate of drug-likeness (QED) is 0.710. The van der Waals surface area contributed by atoms with Crippen LogP contribution >= 0.6 is 0 Å². The van der Waals surface area contributed by atoms with Crippen LogP contribution in [-0.4, -0.2) is 63.1 Å². The van der Waals surface area contributed by atoms with Crippen LogP contribution in [0.2, 0.25) is 0 Å². The number of hydrogen-bond acceptors (Lipinski definition) is 5. The molecule has 0 N–H and O–H groups in total. The largest absolute Gasteiger partial charge is 0.494 e. The summed E-state index contributed by atoms with van der Waals surface area (Å²) in [5.74, 6) is 1.86. The van der Waals surface area contributed by atoms with Crippen LogP contribution in [0.1, 0.15) is 61.0 Å². The van der Waals surface area contributed by atoms with Crippen molar-refractivity contribution in [2.75, 3.05) is 26.7 Å². The molecule has 2 aliphatic heterocycles. The van der Waals surface area contributed by atoms with Gasteiger partial charge in [0, 0.05) is 44.1 Å². The smallest absolute Gasteiger partial charge is 0.254 e. The van der Waals surface area contributed by atoms with E-state index in [1.165, 1.54) is 19.2 Å². The summed E-state index contributed by atoms with van der Waals surface area (Å²) in [6.07, 6.45) is 2.33. The SMILES string of the molecule is COc1ccc(C(=O)N2CCn3c(nnc3C3CCN(C(=O)CC(C)C)CC3)C2)cc1F. The Morgan fingerprint density at radius 2 is 1.88 bits per heavy atom. The van der Waals surface area contributed by atoms with Crippen LogP contribution in [0.5, 0.6) is 5.75 Å². The molecule has 32 heavy (non-hydrogen) atoms. The van der Waals surface area contributed by atoms with Gasteiger partial charge in [-0.1, -0.05) is 13.8 Å². The van der Waals surface area contributed by atoms with Gasteiger partial charge in [-0.25, -0.2) is 4.39 Å². The van der Waals surface area contributed by atoms with Crippen molar-refractivity contribution in [2.24, 2.45) is 5.92 Å². The topological polar surface area (TPSA) is 80.6 Å². The second-order valence-electron chi connectivity index (χ2n) is 8.96. The number of hydrogen-bond donors (Lipinski definition) is 0. The Labute approximate surface area is 187 Å². The van der Waals surface area contributed by atoms with Crippen LogP contribution in [0.4, 0.5) is 4.39 Å². The van der Waals surface area contributed by atoms with Crippen molar-refractivity contribution in [1.29, 1.82) is 0 Å². The number of halogens is 1. The predicted molar refractivity (Wildman–Crippen MR) is 116 cm³/mol. The maximum atomic E-state index is 14.0. The molecule has 2 aliphatic rings. The Morgan fingerprint density at radius 1 is 1.12 bits per heavy atom. The molecule has 1 saturated heterocycles. The minimum Gasteiger partial charge on any atom is -0.494 e. The van der Waals surface area contributed by atoms with E-state index in [2.05, 4.69) is 28.6 Å². The third-order valence-corrected chi connectivity index (χ3v) is 6.26. The number of carbonyl (C=O) groups excluding carboxylic acids is 2. The lowest BCUT2D eigenvalue weighted by molar-refractivity contribution is -0.133. The second kappa shape index (κ2) is 9.26. The van der Waals surface area contributed by atoms with Crippen molar-refractivity contribution in [2.45, 2.75) is 52.1 Å². The summed E-state index contributed by atoms with van der Waals surface area (Å²) in [5, 5.41) is 8.78. The molecule has 1 aromatic heterocycles. The van der Waals surface area contributed by atoms with Crippen LogP contribution in [-0.2, 0) is 17.9 Å². The average Bonchev–Trinajstić information content (AvgIpc) is 3.21. The summed E-state index contributed by atoms with van der Waals surface area (Å²) in [7, 11) is 1.39. The summed E-state index contributed by atoms with van der Waals surface area (Å²) < 4.78 is 21.1. The van der Waals surface area contributed by atoms with Gasteiger partial charge in [-0.3, -0.25) is 9.59 Å². The lowest BCUT2D eigenvalue weighted by Crippen LogP contribution is -2.40. The molecule has 172 valence electrons. The fraction of sp³-hybridized carbons (Fsp3) is 0.565. The van der Waals surface area contributed by atoms with E-state index >= 15 is 0 Å². The summed E-state index contributed by atoms with van der Waals surface area (Å²) in [4.78, 5) is 28.8. The summed E-state index contributed by atoms with van der Waals surface area (Å²) in [6, 6.07) is 4.25. The van der Waals surface area contributed by atoms with E-state index in [9.17, 15) is 14.0 Å².